The van der Waals surface area contributed by atoms with E-state index in [0.717, 1.165) is 15.0 Å². The molecule has 0 radical (unpaired) electrons. The van der Waals surface area contributed by atoms with Gasteiger partial charge in [0.1, 0.15) is 5.01 Å². The molecule has 0 N–H and O–H groups in total. The van der Waals surface area contributed by atoms with Gasteiger partial charge in [-0.05, 0) is 48.3 Å². The maximum absolute atomic E-state index is 5.29. The highest BCUT2D eigenvalue weighted by Gasteiger charge is 2.12. The van der Waals surface area contributed by atoms with E-state index < -0.39 is 0 Å². The molecule has 0 atom stereocenters. The third-order valence-corrected chi connectivity index (χ3v) is 3.83. The fourth-order valence-corrected chi connectivity index (χ4v) is 2.94. The summed E-state index contributed by atoms with van der Waals surface area (Å²) in [4.78, 5) is 4.51. The number of hydrogen-bond donors (Lipinski definition) is 0. The largest absolute Gasteiger partial charge is 0.461 e. The van der Waals surface area contributed by atoms with Gasteiger partial charge in [0.15, 0.2) is 5.76 Å². The molecular weight excluding hydrogens is 312 g/mol. The standard InChI is InChI=1S/C13H9BrN2OS/c1-8-7-9(14)4-5-10(8)13-15-12(16-18-13)11-3-2-6-17-11/h2-7H,1H3. The first-order valence-corrected chi connectivity index (χ1v) is 6.95. The lowest BCUT2D eigenvalue weighted by atomic mass is 10.1. The molecule has 18 heavy (non-hydrogen) atoms. The maximum atomic E-state index is 5.29. The zero-order chi connectivity index (χ0) is 12.5. The Morgan fingerprint density at radius 1 is 1.28 bits per heavy atom. The van der Waals surface area contributed by atoms with Crippen LogP contribution in [0.1, 0.15) is 5.56 Å². The Morgan fingerprint density at radius 2 is 2.17 bits per heavy atom. The molecule has 2 heterocycles. The lowest BCUT2D eigenvalue weighted by Gasteiger charge is -2.01. The predicted molar refractivity (Wildman–Crippen MR) is 75.5 cm³/mol. The minimum absolute atomic E-state index is 0.641. The van der Waals surface area contributed by atoms with Crippen LogP contribution >= 0.6 is 27.5 Å². The van der Waals surface area contributed by atoms with E-state index in [1.165, 1.54) is 17.1 Å². The molecule has 0 fully saturated rings. The molecule has 0 aliphatic heterocycles. The third-order valence-electron chi connectivity index (χ3n) is 2.59. The van der Waals surface area contributed by atoms with Crippen molar-refractivity contribution in [3.8, 4) is 22.2 Å². The summed E-state index contributed by atoms with van der Waals surface area (Å²) < 4.78 is 10.7. The predicted octanol–water partition coefficient (Wildman–Crippen LogP) is 4.54. The highest BCUT2D eigenvalue weighted by atomic mass is 79.9. The van der Waals surface area contributed by atoms with E-state index in [9.17, 15) is 0 Å². The van der Waals surface area contributed by atoms with Crippen LogP contribution in [0.5, 0.6) is 0 Å². The first-order chi connectivity index (χ1) is 8.74. The molecule has 0 saturated carbocycles. The number of aryl methyl sites for hydroxylation is 1. The normalized spacial score (nSPS) is 10.8. The fraction of sp³-hybridized carbons (Fsp3) is 0.0769. The molecule has 0 aliphatic rings. The number of halogens is 1. The zero-order valence-corrected chi connectivity index (χ0v) is 12.0. The summed E-state index contributed by atoms with van der Waals surface area (Å²) in [5.74, 6) is 1.34. The van der Waals surface area contributed by atoms with Gasteiger partial charge >= 0.3 is 0 Å². The number of furan rings is 1. The molecule has 0 spiro atoms. The Bertz CT molecular complexity index is 676. The van der Waals surface area contributed by atoms with Crippen LogP contribution in [-0.4, -0.2) is 9.36 Å². The number of aromatic nitrogens is 2. The quantitative estimate of drug-likeness (QED) is 0.696. The van der Waals surface area contributed by atoms with Crippen molar-refractivity contribution in [2.24, 2.45) is 0 Å². The van der Waals surface area contributed by atoms with Crippen LogP contribution < -0.4 is 0 Å². The SMILES string of the molecule is Cc1cc(Br)ccc1-c1nc(-c2ccco2)ns1. The average molecular weight is 321 g/mol. The lowest BCUT2D eigenvalue weighted by Crippen LogP contribution is -1.83. The molecule has 0 bridgehead atoms. The van der Waals surface area contributed by atoms with Crippen molar-refractivity contribution in [3.05, 3.63) is 46.6 Å². The number of rotatable bonds is 2. The van der Waals surface area contributed by atoms with Gasteiger partial charge in [0, 0.05) is 10.0 Å². The Labute approximate surface area is 117 Å². The van der Waals surface area contributed by atoms with Crippen molar-refractivity contribution in [2.75, 3.05) is 0 Å². The van der Waals surface area contributed by atoms with E-state index in [4.69, 9.17) is 4.42 Å². The maximum Gasteiger partial charge on any atom is 0.209 e. The Hall–Kier alpha value is -1.46. The lowest BCUT2D eigenvalue weighted by molar-refractivity contribution is 0.578. The van der Waals surface area contributed by atoms with E-state index in [2.05, 4.69) is 38.3 Å². The van der Waals surface area contributed by atoms with Gasteiger partial charge in [-0.1, -0.05) is 22.0 Å². The van der Waals surface area contributed by atoms with Crippen LogP contribution in [0.25, 0.3) is 22.2 Å². The van der Waals surface area contributed by atoms with Crippen molar-refractivity contribution in [2.45, 2.75) is 6.92 Å². The smallest absolute Gasteiger partial charge is 0.209 e. The molecular formula is C13H9BrN2OS. The molecule has 2 aromatic heterocycles. The van der Waals surface area contributed by atoms with E-state index in [1.54, 1.807) is 6.26 Å². The summed E-state index contributed by atoms with van der Waals surface area (Å²) in [6.45, 7) is 2.06. The molecule has 3 aromatic rings. The Balaban J connectivity index is 2.03. The van der Waals surface area contributed by atoms with Gasteiger partial charge in [0.25, 0.3) is 0 Å². The second-order valence-corrected chi connectivity index (χ2v) is 5.53. The Morgan fingerprint density at radius 3 is 2.89 bits per heavy atom. The summed E-state index contributed by atoms with van der Waals surface area (Å²) in [7, 11) is 0. The van der Waals surface area contributed by atoms with E-state index in [-0.39, 0.29) is 0 Å². The van der Waals surface area contributed by atoms with Crippen molar-refractivity contribution in [1.82, 2.24) is 9.36 Å². The van der Waals surface area contributed by atoms with Gasteiger partial charge in [-0.2, -0.15) is 4.37 Å². The van der Waals surface area contributed by atoms with Crippen LogP contribution in [-0.2, 0) is 0 Å². The molecule has 0 amide bonds. The van der Waals surface area contributed by atoms with Gasteiger partial charge in [-0.3, -0.25) is 0 Å². The fourth-order valence-electron chi connectivity index (χ4n) is 1.71. The van der Waals surface area contributed by atoms with E-state index in [0.29, 0.717) is 11.6 Å². The van der Waals surface area contributed by atoms with Gasteiger partial charge in [-0.25, -0.2) is 4.98 Å². The van der Waals surface area contributed by atoms with E-state index in [1.807, 2.05) is 24.3 Å². The molecule has 3 rings (SSSR count). The van der Waals surface area contributed by atoms with Gasteiger partial charge < -0.3 is 4.42 Å². The molecule has 0 aliphatic carbocycles. The topological polar surface area (TPSA) is 38.9 Å². The van der Waals surface area contributed by atoms with Crippen LogP contribution in [0, 0.1) is 6.92 Å². The summed E-state index contributed by atoms with van der Waals surface area (Å²) in [6, 6.07) is 9.83. The van der Waals surface area contributed by atoms with Crippen molar-refractivity contribution in [3.63, 3.8) is 0 Å². The first kappa shape index (κ1) is 11.6. The Kier molecular flexibility index (Phi) is 3.01. The van der Waals surface area contributed by atoms with Crippen LogP contribution in [0.2, 0.25) is 0 Å². The minimum atomic E-state index is 0.641. The van der Waals surface area contributed by atoms with Crippen molar-refractivity contribution >= 4 is 27.5 Å². The van der Waals surface area contributed by atoms with Gasteiger partial charge in [0.2, 0.25) is 5.82 Å². The van der Waals surface area contributed by atoms with E-state index >= 15 is 0 Å². The minimum Gasteiger partial charge on any atom is -0.461 e. The van der Waals surface area contributed by atoms with Gasteiger partial charge in [-0.15, -0.1) is 0 Å². The summed E-state index contributed by atoms with van der Waals surface area (Å²) in [6.07, 6.45) is 1.63. The second kappa shape index (κ2) is 4.66. The third kappa shape index (κ3) is 2.11. The van der Waals surface area contributed by atoms with Gasteiger partial charge in [0.05, 0.1) is 6.26 Å². The molecule has 3 nitrogen and oxygen atoms in total. The second-order valence-electron chi connectivity index (χ2n) is 3.86. The molecule has 5 heteroatoms. The van der Waals surface area contributed by atoms with Crippen LogP contribution in [0.4, 0.5) is 0 Å². The van der Waals surface area contributed by atoms with Crippen molar-refractivity contribution < 1.29 is 4.42 Å². The number of benzene rings is 1. The van der Waals surface area contributed by atoms with Crippen LogP contribution in [0.3, 0.4) is 0 Å². The summed E-state index contributed by atoms with van der Waals surface area (Å²) in [5.41, 5.74) is 2.28. The number of hydrogen-bond acceptors (Lipinski definition) is 4. The zero-order valence-electron chi connectivity index (χ0n) is 9.55. The molecule has 0 unspecified atom stereocenters. The first-order valence-electron chi connectivity index (χ1n) is 5.38. The highest BCUT2D eigenvalue weighted by molar-refractivity contribution is 9.10. The van der Waals surface area contributed by atoms with Crippen LogP contribution in [0.15, 0.2) is 45.5 Å². The molecule has 90 valence electrons. The molecule has 0 saturated heterocycles. The summed E-state index contributed by atoms with van der Waals surface area (Å²) >= 11 is 4.84. The summed E-state index contributed by atoms with van der Waals surface area (Å²) in [5, 5.41) is 0.909. The average Bonchev–Trinajstić information content (AvgIpc) is 2.99. The monoisotopic (exact) mass is 320 g/mol. The van der Waals surface area contributed by atoms with Crippen molar-refractivity contribution in [1.29, 1.82) is 0 Å². The highest BCUT2D eigenvalue weighted by Crippen LogP contribution is 2.29. The number of nitrogens with zero attached hydrogens (tertiary/aromatic N) is 2. The molecule has 1 aromatic carbocycles.